The van der Waals surface area contributed by atoms with Gasteiger partial charge in [-0.15, -0.1) is 0 Å². The highest BCUT2D eigenvalue weighted by atomic mass is 16.3. The molecule has 3 nitrogen and oxygen atoms in total. The quantitative estimate of drug-likeness (QED) is 0.161. The van der Waals surface area contributed by atoms with E-state index in [0.29, 0.717) is 5.82 Å². The molecule has 0 N–H and O–H groups in total. The number of nitrogens with zero attached hydrogens (tertiary/aromatic N) is 2. The molecule has 0 saturated carbocycles. The molecule has 296 valence electrons. The summed E-state index contributed by atoms with van der Waals surface area (Å²) in [6, 6.07) is 80.0. The Kier molecular flexibility index (Phi) is 8.62. The topological polar surface area (TPSA) is 38.9 Å². The Morgan fingerprint density at radius 1 is 0.365 bits per heavy atom. The largest absolute Gasteiger partial charge is 0.455 e. The molecular formula is C60H40N2O. The third-order valence-corrected chi connectivity index (χ3v) is 13.0. The maximum Gasteiger partial charge on any atom is 0.160 e. The van der Waals surface area contributed by atoms with Crippen molar-refractivity contribution in [2.45, 2.75) is 12.3 Å². The van der Waals surface area contributed by atoms with E-state index >= 15 is 0 Å². The molecule has 3 heteroatoms. The first-order chi connectivity index (χ1) is 31.1. The molecular weight excluding hydrogens is 765 g/mol. The molecule has 11 aromatic rings. The maximum absolute atomic E-state index is 6.64. The van der Waals surface area contributed by atoms with Crippen molar-refractivity contribution in [1.29, 1.82) is 0 Å². The van der Waals surface area contributed by atoms with E-state index in [2.05, 4.69) is 213 Å². The lowest BCUT2D eigenvalue weighted by Crippen LogP contribution is -2.22. The molecule has 12 rings (SSSR count). The average Bonchev–Trinajstić information content (AvgIpc) is 3.88. The number of benzene rings is 9. The lowest BCUT2D eigenvalue weighted by Gasteiger charge is -2.28. The van der Waals surface area contributed by atoms with Crippen molar-refractivity contribution < 1.29 is 4.42 Å². The van der Waals surface area contributed by atoms with E-state index in [-0.39, 0.29) is 5.41 Å². The first-order valence-electron chi connectivity index (χ1n) is 21.6. The second-order valence-corrected chi connectivity index (χ2v) is 16.6. The van der Waals surface area contributed by atoms with E-state index in [0.717, 1.165) is 72.3 Å². The van der Waals surface area contributed by atoms with Gasteiger partial charge in [0.2, 0.25) is 0 Å². The number of rotatable bonds is 7. The fourth-order valence-electron chi connectivity index (χ4n) is 9.84. The van der Waals surface area contributed by atoms with E-state index in [1.807, 2.05) is 18.2 Å². The van der Waals surface area contributed by atoms with Crippen LogP contribution in [0.1, 0.15) is 23.6 Å². The summed E-state index contributed by atoms with van der Waals surface area (Å²) in [5, 5.41) is 2.20. The van der Waals surface area contributed by atoms with Crippen LogP contribution in [-0.4, -0.2) is 9.97 Å². The van der Waals surface area contributed by atoms with E-state index in [1.54, 1.807) is 0 Å². The zero-order chi connectivity index (χ0) is 41.9. The standard InChI is InChI=1S/C60H40N2O/c1-60(46-21-9-4-10-22-46)52-28-13-11-24-50(52)57-51(27-16-29-53(57)60)55-38-54(61-59(62-55)42-19-7-3-8-20-42)45-36-43(41-33-31-40(32-34-41)39-17-5-2-6-18-39)35-44(37-45)47-25-15-26-49-48-23-12-14-30-56(48)63-58(47)49/h2-38H,1H3. The highest BCUT2D eigenvalue weighted by Gasteiger charge is 2.41. The van der Waals surface area contributed by atoms with Gasteiger partial charge in [0.1, 0.15) is 11.2 Å². The molecule has 0 saturated heterocycles. The van der Waals surface area contributed by atoms with Gasteiger partial charge in [0.15, 0.2) is 5.82 Å². The number of aromatic nitrogens is 2. The van der Waals surface area contributed by atoms with Crippen LogP contribution in [0.4, 0.5) is 0 Å². The van der Waals surface area contributed by atoms with Gasteiger partial charge in [-0.25, -0.2) is 9.97 Å². The Balaban J connectivity index is 1.09. The fourth-order valence-corrected chi connectivity index (χ4v) is 9.84. The predicted octanol–water partition coefficient (Wildman–Crippen LogP) is 15.7. The minimum Gasteiger partial charge on any atom is -0.455 e. The summed E-state index contributed by atoms with van der Waals surface area (Å²) in [6.07, 6.45) is 0. The first-order valence-corrected chi connectivity index (χ1v) is 21.6. The van der Waals surface area contributed by atoms with Crippen LogP contribution in [0.15, 0.2) is 229 Å². The van der Waals surface area contributed by atoms with Crippen LogP contribution in [0.25, 0.3) is 100 Å². The normalized spacial score (nSPS) is 14.2. The minimum absolute atomic E-state index is 0.335. The van der Waals surface area contributed by atoms with Crippen molar-refractivity contribution in [3.8, 4) is 78.4 Å². The van der Waals surface area contributed by atoms with Crippen LogP contribution < -0.4 is 0 Å². The van der Waals surface area contributed by atoms with Crippen molar-refractivity contribution in [1.82, 2.24) is 9.97 Å². The molecule has 0 amide bonds. The highest BCUT2D eigenvalue weighted by molar-refractivity contribution is 6.10. The Morgan fingerprint density at radius 3 is 1.70 bits per heavy atom. The van der Waals surface area contributed by atoms with Gasteiger partial charge in [0.05, 0.1) is 11.4 Å². The Hall–Kier alpha value is -8.14. The molecule has 9 aromatic carbocycles. The van der Waals surface area contributed by atoms with Crippen molar-refractivity contribution in [2.75, 3.05) is 0 Å². The molecule has 1 aliphatic rings. The first kappa shape index (κ1) is 36.7. The van der Waals surface area contributed by atoms with Crippen molar-refractivity contribution in [3.63, 3.8) is 0 Å². The van der Waals surface area contributed by atoms with Crippen molar-refractivity contribution >= 4 is 21.9 Å². The molecule has 0 radical (unpaired) electrons. The zero-order valence-electron chi connectivity index (χ0n) is 34.7. The van der Waals surface area contributed by atoms with Gasteiger partial charge < -0.3 is 4.42 Å². The Morgan fingerprint density at radius 2 is 0.905 bits per heavy atom. The number of hydrogen-bond donors (Lipinski definition) is 0. The van der Waals surface area contributed by atoms with Gasteiger partial charge >= 0.3 is 0 Å². The molecule has 0 bridgehead atoms. The van der Waals surface area contributed by atoms with Crippen LogP contribution in [0.5, 0.6) is 0 Å². The van der Waals surface area contributed by atoms with Gasteiger partial charge in [0, 0.05) is 38.4 Å². The van der Waals surface area contributed by atoms with E-state index in [9.17, 15) is 0 Å². The lowest BCUT2D eigenvalue weighted by molar-refractivity contribution is 0.670. The van der Waals surface area contributed by atoms with Gasteiger partial charge in [-0.05, 0) is 92.9 Å². The Labute approximate surface area is 366 Å². The number of furan rings is 1. The average molecular weight is 805 g/mol. The summed E-state index contributed by atoms with van der Waals surface area (Å²) < 4.78 is 6.64. The summed E-state index contributed by atoms with van der Waals surface area (Å²) in [7, 11) is 0. The highest BCUT2D eigenvalue weighted by Crippen LogP contribution is 2.55. The molecule has 63 heavy (non-hydrogen) atoms. The molecule has 1 aliphatic carbocycles. The molecule has 2 heterocycles. The lowest BCUT2D eigenvalue weighted by atomic mass is 9.74. The minimum atomic E-state index is -0.335. The van der Waals surface area contributed by atoms with Crippen LogP contribution in [-0.2, 0) is 5.41 Å². The second kappa shape index (κ2) is 14.8. The van der Waals surface area contributed by atoms with Crippen molar-refractivity contribution in [2.24, 2.45) is 0 Å². The maximum atomic E-state index is 6.64. The molecule has 0 spiro atoms. The molecule has 1 unspecified atom stereocenters. The predicted molar refractivity (Wildman–Crippen MR) is 259 cm³/mol. The SMILES string of the molecule is CC1(c2ccccc2)c2ccccc2-c2c(-c3cc(-c4cc(-c5ccc(-c6ccccc6)cc5)cc(-c5cccc6c5oc5ccccc56)c4)nc(-c4ccccc4)n3)cccc21. The van der Waals surface area contributed by atoms with Gasteiger partial charge in [0.25, 0.3) is 0 Å². The summed E-state index contributed by atoms with van der Waals surface area (Å²) in [6.45, 7) is 2.36. The number of hydrogen-bond acceptors (Lipinski definition) is 3. The van der Waals surface area contributed by atoms with Crippen LogP contribution in [0, 0.1) is 0 Å². The van der Waals surface area contributed by atoms with Crippen LogP contribution in [0.3, 0.4) is 0 Å². The second-order valence-electron chi connectivity index (χ2n) is 16.6. The Bertz CT molecular complexity index is 3500. The van der Waals surface area contributed by atoms with Gasteiger partial charge in [-0.1, -0.05) is 194 Å². The molecule has 2 aromatic heterocycles. The molecule has 0 aliphatic heterocycles. The summed E-state index contributed by atoms with van der Waals surface area (Å²) in [4.78, 5) is 10.8. The summed E-state index contributed by atoms with van der Waals surface area (Å²) >= 11 is 0. The smallest absolute Gasteiger partial charge is 0.160 e. The van der Waals surface area contributed by atoms with Crippen LogP contribution in [0.2, 0.25) is 0 Å². The monoisotopic (exact) mass is 804 g/mol. The van der Waals surface area contributed by atoms with Crippen LogP contribution >= 0.6 is 0 Å². The number of para-hydroxylation sites is 2. The third-order valence-electron chi connectivity index (χ3n) is 13.0. The fraction of sp³-hybridized carbons (Fsp3) is 0.0333. The van der Waals surface area contributed by atoms with E-state index in [4.69, 9.17) is 14.4 Å². The van der Waals surface area contributed by atoms with E-state index < -0.39 is 0 Å². The summed E-state index contributed by atoms with van der Waals surface area (Å²) in [5.74, 6) is 0.677. The van der Waals surface area contributed by atoms with Gasteiger partial charge in [-0.2, -0.15) is 0 Å². The summed E-state index contributed by atoms with van der Waals surface area (Å²) in [5.41, 5.74) is 19.1. The van der Waals surface area contributed by atoms with E-state index in [1.165, 1.54) is 38.9 Å². The molecule has 1 atom stereocenters. The third kappa shape index (κ3) is 6.12. The zero-order valence-corrected chi connectivity index (χ0v) is 34.7. The molecule has 0 fully saturated rings. The van der Waals surface area contributed by atoms with Gasteiger partial charge in [-0.3, -0.25) is 0 Å². The van der Waals surface area contributed by atoms with Crippen molar-refractivity contribution in [3.05, 3.63) is 241 Å². The number of fused-ring (bicyclic) bond motifs is 6.